The average molecular weight is 320 g/mol. The maximum atomic E-state index is 13.0. The zero-order chi connectivity index (χ0) is 13.8. The van der Waals surface area contributed by atoms with Gasteiger partial charge in [0.05, 0.1) is 10.9 Å². The summed E-state index contributed by atoms with van der Waals surface area (Å²) in [7, 11) is 0. The third kappa shape index (κ3) is 3.75. The van der Waals surface area contributed by atoms with Gasteiger partial charge in [-0.25, -0.2) is 4.39 Å². The number of alkyl halides is 1. The molecule has 100 valence electrons. The van der Waals surface area contributed by atoms with Crippen LogP contribution < -0.4 is 4.74 Å². The van der Waals surface area contributed by atoms with Crippen molar-refractivity contribution in [3.05, 3.63) is 63.4 Å². The second-order valence-corrected chi connectivity index (χ2v) is 5.03. The molecule has 0 saturated heterocycles. The van der Waals surface area contributed by atoms with Crippen LogP contribution in [0.4, 0.5) is 4.39 Å². The van der Waals surface area contributed by atoms with Crippen LogP contribution in [-0.2, 0) is 12.5 Å². The summed E-state index contributed by atoms with van der Waals surface area (Å²) < 4.78 is 18.7. The van der Waals surface area contributed by atoms with Gasteiger partial charge in [-0.1, -0.05) is 29.3 Å². The van der Waals surface area contributed by atoms with E-state index in [1.807, 2.05) is 0 Å². The van der Waals surface area contributed by atoms with E-state index in [9.17, 15) is 4.39 Å². The Bertz CT molecular complexity index is 587. The Labute approximate surface area is 125 Å². The second kappa shape index (κ2) is 6.47. The third-order valence-electron chi connectivity index (χ3n) is 2.54. The fraction of sp³-hybridized carbons (Fsp3) is 0.143. The molecule has 0 fully saturated rings. The molecule has 0 amide bonds. The van der Waals surface area contributed by atoms with E-state index >= 15 is 0 Å². The monoisotopic (exact) mass is 318 g/mol. The normalized spacial score (nSPS) is 10.5. The van der Waals surface area contributed by atoms with E-state index in [1.165, 1.54) is 12.1 Å². The van der Waals surface area contributed by atoms with Crippen molar-refractivity contribution in [1.82, 2.24) is 0 Å². The Hall–Kier alpha value is -0.960. The molecule has 2 aromatic rings. The van der Waals surface area contributed by atoms with Crippen LogP contribution in [0.1, 0.15) is 11.1 Å². The lowest BCUT2D eigenvalue weighted by atomic mass is 10.2. The maximum Gasteiger partial charge on any atom is 0.141 e. The van der Waals surface area contributed by atoms with Crippen molar-refractivity contribution in [1.29, 1.82) is 0 Å². The van der Waals surface area contributed by atoms with Crippen molar-refractivity contribution in [3.8, 4) is 5.75 Å². The molecule has 0 unspecified atom stereocenters. The lowest BCUT2D eigenvalue weighted by Crippen LogP contribution is -1.98. The number of ether oxygens (including phenoxy) is 1. The van der Waals surface area contributed by atoms with Crippen LogP contribution in [0.3, 0.4) is 0 Å². The predicted octanol–water partition coefficient (Wildman–Crippen LogP) is 5.45. The Morgan fingerprint density at radius 3 is 2.53 bits per heavy atom. The van der Waals surface area contributed by atoms with Crippen molar-refractivity contribution in [3.63, 3.8) is 0 Å². The molecule has 0 N–H and O–H groups in total. The van der Waals surface area contributed by atoms with E-state index < -0.39 is 5.82 Å². The quantitative estimate of drug-likeness (QED) is 0.681. The first-order chi connectivity index (χ1) is 9.10. The highest BCUT2D eigenvalue weighted by atomic mass is 35.5. The molecule has 19 heavy (non-hydrogen) atoms. The largest absolute Gasteiger partial charge is 0.489 e. The molecule has 0 aliphatic heterocycles. The SMILES string of the molecule is Fc1ccc(COc2ccc(Cl)cc2CCl)cc1Cl. The third-order valence-corrected chi connectivity index (χ3v) is 3.36. The van der Waals surface area contributed by atoms with Gasteiger partial charge in [0.1, 0.15) is 18.2 Å². The van der Waals surface area contributed by atoms with Crippen molar-refractivity contribution < 1.29 is 9.13 Å². The molecular formula is C14H10Cl3FO. The van der Waals surface area contributed by atoms with E-state index in [2.05, 4.69) is 0 Å². The lowest BCUT2D eigenvalue weighted by molar-refractivity contribution is 0.303. The molecule has 0 heterocycles. The van der Waals surface area contributed by atoms with E-state index in [4.69, 9.17) is 39.5 Å². The molecule has 0 aromatic heterocycles. The summed E-state index contributed by atoms with van der Waals surface area (Å²) in [6.45, 7) is 0.283. The molecule has 0 atom stereocenters. The molecule has 5 heteroatoms. The highest BCUT2D eigenvalue weighted by Crippen LogP contribution is 2.25. The molecule has 0 aliphatic carbocycles. The van der Waals surface area contributed by atoms with Gasteiger partial charge in [0, 0.05) is 10.6 Å². The van der Waals surface area contributed by atoms with E-state index in [-0.39, 0.29) is 11.6 Å². The Morgan fingerprint density at radius 1 is 1.05 bits per heavy atom. The number of halogens is 4. The smallest absolute Gasteiger partial charge is 0.141 e. The Kier molecular flexibility index (Phi) is 4.92. The first kappa shape index (κ1) is 14.4. The molecule has 0 saturated carbocycles. The summed E-state index contributed by atoms with van der Waals surface area (Å²) in [6, 6.07) is 9.70. The van der Waals surface area contributed by atoms with Crippen LogP contribution >= 0.6 is 34.8 Å². The van der Waals surface area contributed by atoms with Crippen LogP contribution in [0.2, 0.25) is 10.0 Å². The van der Waals surface area contributed by atoms with Crippen molar-refractivity contribution in [2.45, 2.75) is 12.5 Å². The number of hydrogen-bond acceptors (Lipinski definition) is 1. The van der Waals surface area contributed by atoms with Crippen LogP contribution in [0, 0.1) is 5.82 Å². The van der Waals surface area contributed by atoms with E-state index in [0.717, 1.165) is 11.1 Å². The number of hydrogen-bond donors (Lipinski definition) is 0. The first-order valence-electron chi connectivity index (χ1n) is 5.51. The summed E-state index contributed by atoms with van der Waals surface area (Å²) in [5.41, 5.74) is 1.59. The zero-order valence-electron chi connectivity index (χ0n) is 9.80. The number of benzene rings is 2. The fourth-order valence-electron chi connectivity index (χ4n) is 1.58. The van der Waals surface area contributed by atoms with Gasteiger partial charge in [0.25, 0.3) is 0 Å². The standard InChI is InChI=1S/C14H10Cl3FO/c15-7-10-6-11(16)2-4-14(10)19-8-9-1-3-13(18)12(17)5-9/h1-6H,7-8H2. The van der Waals surface area contributed by atoms with E-state index in [1.54, 1.807) is 24.3 Å². The molecule has 0 bridgehead atoms. The minimum atomic E-state index is -0.446. The highest BCUT2D eigenvalue weighted by molar-refractivity contribution is 6.31. The minimum Gasteiger partial charge on any atom is -0.489 e. The maximum absolute atomic E-state index is 13.0. The molecular weight excluding hydrogens is 310 g/mol. The van der Waals surface area contributed by atoms with E-state index in [0.29, 0.717) is 16.7 Å². The topological polar surface area (TPSA) is 9.23 Å². The van der Waals surface area contributed by atoms with Gasteiger partial charge >= 0.3 is 0 Å². The summed E-state index contributed by atoms with van der Waals surface area (Å²) >= 11 is 17.4. The average Bonchev–Trinajstić information content (AvgIpc) is 2.41. The minimum absolute atomic E-state index is 0.0785. The molecule has 2 aromatic carbocycles. The molecule has 2 rings (SSSR count). The number of rotatable bonds is 4. The predicted molar refractivity (Wildman–Crippen MR) is 76.8 cm³/mol. The first-order valence-corrected chi connectivity index (χ1v) is 6.80. The molecule has 0 radical (unpaired) electrons. The van der Waals surface area contributed by atoms with Gasteiger partial charge in [-0.3, -0.25) is 0 Å². The van der Waals surface area contributed by atoms with Crippen LogP contribution in [0.15, 0.2) is 36.4 Å². The van der Waals surface area contributed by atoms with Crippen LogP contribution in [0.5, 0.6) is 5.75 Å². The molecule has 0 spiro atoms. The van der Waals surface area contributed by atoms with Gasteiger partial charge in [0.15, 0.2) is 0 Å². The van der Waals surface area contributed by atoms with Crippen molar-refractivity contribution in [2.24, 2.45) is 0 Å². The van der Waals surface area contributed by atoms with Crippen molar-refractivity contribution >= 4 is 34.8 Å². The Morgan fingerprint density at radius 2 is 1.84 bits per heavy atom. The zero-order valence-corrected chi connectivity index (χ0v) is 12.1. The highest BCUT2D eigenvalue weighted by Gasteiger charge is 2.06. The summed E-state index contributed by atoms with van der Waals surface area (Å²) in [5.74, 6) is 0.512. The van der Waals surface area contributed by atoms with Gasteiger partial charge in [-0.15, -0.1) is 11.6 Å². The van der Waals surface area contributed by atoms with Gasteiger partial charge in [-0.05, 0) is 35.9 Å². The van der Waals surface area contributed by atoms with Gasteiger partial charge in [0.2, 0.25) is 0 Å². The molecule has 1 nitrogen and oxygen atoms in total. The molecule has 0 aliphatic rings. The van der Waals surface area contributed by atoms with Crippen molar-refractivity contribution in [2.75, 3.05) is 0 Å². The van der Waals surface area contributed by atoms with Crippen LogP contribution in [0.25, 0.3) is 0 Å². The Balaban J connectivity index is 2.12. The fourth-order valence-corrected chi connectivity index (χ4v) is 2.19. The second-order valence-electron chi connectivity index (χ2n) is 3.92. The van der Waals surface area contributed by atoms with Crippen LogP contribution in [-0.4, -0.2) is 0 Å². The van der Waals surface area contributed by atoms with Gasteiger partial charge < -0.3 is 4.74 Å². The summed E-state index contributed by atoms with van der Waals surface area (Å²) in [6.07, 6.45) is 0. The summed E-state index contributed by atoms with van der Waals surface area (Å²) in [4.78, 5) is 0. The lowest BCUT2D eigenvalue weighted by Gasteiger charge is -2.10. The van der Waals surface area contributed by atoms with Gasteiger partial charge in [-0.2, -0.15) is 0 Å². The summed E-state index contributed by atoms with van der Waals surface area (Å²) in [5, 5.41) is 0.683.